The smallest absolute Gasteiger partial charge is 0.327 e. The Morgan fingerprint density at radius 2 is 1.04 bits per heavy atom. The van der Waals surface area contributed by atoms with Gasteiger partial charge in [-0.15, -0.1) is 0 Å². The van der Waals surface area contributed by atoms with Crippen LogP contribution in [0.3, 0.4) is 0 Å². The molecule has 6 atom stereocenters. The highest BCUT2D eigenvalue weighted by molar-refractivity contribution is 7.80. The van der Waals surface area contributed by atoms with Gasteiger partial charge in [-0.05, 0) is 32.1 Å². The summed E-state index contributed by atoms with van der Waals surface area (Å²) in [7, 11) is 0. The van der Waals surface area contributed by atoms with Gasteiger partial charge in [0, 0.05) is 31.0 Å². The Hall–Kier alpha value is -5.08. The first-order valence-electron chi connectivity index (χ1n) is 16.3. The summed E-state index contributed by atoms with van der Waals surface area (Å²) in [6, 6.07) is -8.35. The van der Waals surface area contributed by atoms with Gasteiger partial charge in [0.1, 0.15) is 30.2 Å². The summed E-state index contributed by atoms with van der Waals surface area (Å²) in [6.07, 6.45) is -0.950. The van der Waals surface area contributed by atoms with Crippen molar-refractivity contribution < 1.29 is 53.7 Å². The predicted molar refractivity (Wildman–Crippen MR) is 200 cm³/mol. The number of nitrogens with two attached hydrogens (primary N) is 5. The van der Waals surface area contributed by atoms with Crippen molar-refractivity contribution in [2.75, 3.05) is 37.7 Å². The zero-order chi connectivity index (χ0) is 41.4. The number of thiol groups is 2. The van der Waals surface area contributed by atoms with Crippen LogP contribution in [0.15, 0.2) is 9.98 Å². The zero-order valence-corrected chi connectivity index (χ0v) is 31.0. The fraction of sp³-hybridized carbons (Fsp3) is 0.643. The van der Waals surface area contributed by atoms with Gasteiger partial charge in [-0.25, -0.2) is 4.79 Å². The summed E-state index contributed by atoms with van der Waals surface area (Å²) < 4.78 is 0. The van der Waals surface area contributed by atoms with Gasteiger partial charge < -0.3 is 75.9 Å². The normalized spacial score (nSPS) is 13.9. The number of aliphatic imine (C=N–C) groups is 2. The molecule has 0 saturated carbocycles. The predicted octanol–water partition coefficient (Wildman–Crippen LogP) is -7.24. The lowest BCUT2D eigenvalue weighted by molar-refractivity contribution is -0.142. The van der Waals surface area contributed by atoms with Crippen LogP contribution in [0.5, 0.6) is 0 Å². The molecule has 26 heteroatoms. The molecule has 54 heavy (non-hydrogen) atoms. The van der Waals surface area contributed by atoms with Crippen LogP contribution in [0.2, 0.25) is 0 Å². The van der Waals surface area contributed by atoms with E-state index in [1.165, 1.54) is 0 Å². The molecule has 0 unspecified atom stereocenters. The van der Waals surface area contributed by atoms with E-state index < -0.39 is 110 Å². The van der Waals surface area contributed by atoms with Crippen LogP contribution in [0, 0.1) is 0 Å². The van der Waals surface area contributed by atoms with E-state index >= 15 is 0 Å². The van der Waals surface area contributed by atoms with E-state index in [-0.39, 0.29) is 62.2 Å². The molecule has 0 spiro atoms. The fourth-order valence-corrected chi connectivity index (χ4v) is 4.59. The number of rotatable bonds is 27. The average Bonchev–Trinajstić information content (AvgIpc) is 3.11. The number of guanidine groups is 2. The maximum atomic E-state index is 13.5. The third-order valence-corrected chi connectivity index (χ3v) is 7.78. The molecule has 0 aliphatic carbocycles. The quantitative estimate of drug-likeness (QED) is 0.0159. The largest absolute Gasteiger partial charge is 0.481 e. The Balaban J connectivity index is 6.06. The third-order valence-electron chi connectivity index (χ3n) is 7.02. The first-order valence-corrected chi connectivity index (χ1v) is 17.5. The van der Waals surface area contributed by atoms with Gasteiger partial charge in [-0.3, -0.25) is 43.5 Å². The minimum Gasteiger partial charge on any atom is -0.481 e. The van der Waals surface area contributed by atoms with E-state index in [1.54, 1.807) is 0 Å². The molecule has 19 N–H and O–H groups in total. The number of nitrogens with zero attached hydrogens (tertiary/aromatic N) is 2. The Labute approximate surface area is 320 Å². The molecule has 306 valence electrons. The van der Waals surface area contributed by atoms with Gasteiger partial charge in [-0.1, -0.05) is 0 Å². The van der Waals surface area contributed by atoms with Crippen molar-refractivity contribution in [1.29, 1.82) is 0 Å². The number of carbonyl (C=O) groups excluding carboxylic acids is 6. The first-order chi connectivity index (χ1) is 25.4. The van der Waals surface area contributed by atoms with Crippen molar-refractivity contribution >= 4 is 84.6 Å². The number of carboxylic acid groups (broad SMARTS) is 2. The second kappa shape index (κ2) is 26.6. The Morgan fingerprint density at radius 3 is 1.46 bits per heavy atom. The van der Waals surface area contributed by atoms with Crippen molar-refractivity contribution in [2.24, 2.45) is 38.7 Å². The van der Waals surface area contributed by atoms with Crippen LogP contribution >= 0.6 is 25.3 Å². The summed E-state index contributed by atoms with van der Waals surface area (Å²) in [5.41, 5.74) is 27.0. The van der Waals surface area contributed by atoms with Crippen LogP contribution in [0.1, 0.15) is 38.5 Å². The summed E-state index contributed by atoms with van der Waals surface area (Å²) in [5.74, 6) is -9.17. The van der Waals surface area contributed by atoms with E-state index in [2.05, 4.69) is 67.1 Å². The minimum atomic E-state index is -1.53. The van der Waals surface area contributed by atoms with Gasteiger partial charge in [0.2, 0.25) is 35.4 Å². The lowest BCUT2D eigenvalue weighted by Crippen LogP contribution is -2.59. The second-order valence-corrected chi connectivity index (χ2v) is 12.1. The number of carboxylic acids is 2. The lowest BCUT2D eigenvalue weighted by atomic mass is 10.1. The van der Waals surface area contributed by atoms with Gasteiger partial charge in [0.15, 0.2) is 11.9 Å². The standard InChI is InChI=1S/C28H51N13O11S2/c29-13(11-53)21(46)40-17(10-42)25(50)39-15(4-2-8-35-28(32)33)23(48)38-14(3-1-7-34-27(30)31)22(47)36-9-19(43)37-16(5-6-20(44)45)24(49)41-18(12-54)26(51)52/h13-18,42,53-54H,1-12,29H2,(H,36,47)(H,37,43)(H,38,48)(H,39,50)(H,40,46)(H,41,49)(H,44,45)(H,51,52)(H4,30,31,34)(H4,32,33,35)/t13-,14-,15-,16-,17-,18-/m0/s1. The highest BCUT2D eigenvalue weighted by Crippen LogP contribution is 2.05. The molecule has 0 fully saturated rings. The first kappa shape index (κ1) is 48.9. The second-order valence-electron chi connectivity index (χ2n) is 11.4. The van der Waals surface area contributed by atoms with Crippen molar-refractivity contribution in [3.05, 3.63) is 0 Å². The van der Waals surface area contributed by atoms with E-state index in [0.717, 1.165) is 0 Å². The van der Waals surface area contributed by atoms with E-state index in [4.69, 9.17) is 33.8 Å². The van der Waals surface area contributed by atoms with Gasteiger partial charge in [0.05, 0.1) is 19.2 Å². The van der Waals surface area contributed by atoms with Crippen LogP contribution < -0.4 is 60.6 Å². The molecule has 0 saturated heterocycles. The number of amides is 6. The number of nitrogens with one attached hydrogen (secondary N) is 6. The molecule has 0 heterocycles. The van der Waals surface area contributed by atoms with E-state index in [1.807, 2.05) is 0 Å². The molecule has 0 aliphatic heterocycles. The topological polar surface area (TPSA) is 424 Å². The Bertz CT molecular complexity index is 1360. The molecule has 0 aromatic rings. The number of carbonyl (C=O) groups is 8. The van der Waals surface area contributed by atoms with Gasteiger partial charge >= 0.3 is 11.9 Å². The minimum absolute atomic E-state index is 0.0252. The Morgan fingerprint density at radius 1 is 0.593 bits per heavy atom. The molecule has 0 rings (SSSR count). The Kier molecular flexibility index (Phi) is 24.1. The van der Waals surface area contributed by atoms with E-state index in [9.17, 15) is 48.6 Å². The number of aliphatic carboxylic acids is 2. The van der Waals surface area contributed by atoms with Crippen LogP contribution in [-0.2, 0) is 38.4 Å². The number of aliphatic hydroxyl groups excluding tert-OH is 1. The molecule has 0 aromatic carbocycles. The molecule has 0 aliphatic rings. The van der Waals surface area contributed by atoms with E-state index in [0.29, 0.717) is 0 Å². The molecule has 0 radical (unpaired) electrons. The molecular weight excluding hydrogens is 759 g/mol. The molecule has 24 nitrogen and oxygen atoms in total. The average molecular weight is 810 g/mol. The molecular formula is C28H51N13O11S2. The molecule has 0 bridgehead atoms. The zero-order valence-electron chi connectivity index (χ0n) is 29.2. The van der Waals surface area contributed by atoms with Gasteiger partial charge in [0.25, 0.3) is 0 Å². The molecule has 0 aromatic heterocycles. The van der Waals surface area contributed by atoms with Crippen molar-refractivity contribution in [2.45, 2.75) is 74.8 Å². The summed E-state index contributed by atoms with van der Waals surface area (Å²) >= 11 is 7.76. The summed E-state index contributed by atoms with van der Waals surface area (Å²) in [4.78, 5) is 108. The lowest BCUT2D eigenvalue weighted by Gasteiger charge is -2.25. The van der Waals surface area contributed by atoms with Crippen LogP contribution in [0.4, 0.5) is 0 Å². The van der Waals surface area contributed by atoms with Crippen LogP contribution in [-0.4, -0.2) is 149 Å². The number of hydrogen-bond donors (Lipinski definition) is 16. The van der Waals surface area contributed by atoms with Gasteiger partial charge in [-0.2, -0.15) is 25.3 Å². The van der Waals surface area contributed by atoms with Crippen LogP contribution in [0.25, 0.3) is 0 Å². The van der Waals surface area contributed by atoms with Crippen molar-refractivity contribution in [3.8, 4) is 0 Å². The molecule has 6 amide bonds. The highest BCUT2D eigenvalue weighted by Gasteiger charge is 2.31. The number of aliphatic hydroxyl groups is 1. The summed E-state index contributed by atoms with van der Waals surface area (Å²) in [5, 5.41) is 41.8. The van der Waals surface area contributed by atoms with Crippen molar-refractivity contribution in [3.63, 3.8) is 0 Å². The summed E-state index contributed by atoms with van der Waals surface area (Å²) in [6.45, 7) is -1.59. The monoisotopic (exact) mass is 809 g/mol. The third kappa shape index (κ3) is 20.8. The maximum absolute atomic E-state index is 13.5. The van der Waals surface area contributed by atoms with Crippen molar-refractivity contribution in [1.82, 2.24) is 31.9 Å². The maximum Gasteiger partial charge on any atom is 0.327 e. The SMILES string of the molecule is NC(N)=NCCC[C@H](NC(=O)[C@H](CCCN=C(N)N)NC(=O)[C@H](CO)NC(=O)[C@@H](N)CS)C(=O)NCC(=O)N[C@@H](CCC(=O)O)C(=O)N[C@@H](CS)C(=O)O. The number of hydrogen-bond acceptors (Lipinski definition) is 14. The highest BCUT2D eigenvalue weighted by atomic mass is 32.1. The fourth-order valence-electron chi connectivity index (χ4n) is 4.18.